The molecular formula is C16H28S2. The third-order valence-electron chi connectivity index (χ3n) is 3.41. The summed E-state index contributed by atoms with van der Waals surface area (Å²) in [7, 11) is 0. The summed E-state index contributed by atoms with van der Waals surface area (Å²) >= 11 is 6.37. The first-order chi connectivity index (χ1) is 8.41. The summed E-state index contributed by atoms with van der Waals surface area (Å²) in [5.41, 5.74) is 3.67. The van der Waals surface area contributed by atoms with Gasteiger partial charge in [0.2, 0.25) is 0 Å². The van der Waals surface area contributed by atoms with E-state index in [1.807, 2.05) is 11.8 Å². The van der Waals surface area contributed by atoms with E-state index in [0.29, 0.717) is 11.3 Å². The van der Waals surface area contributed by atoms with Crippen LogP contribution in [0.4, 0.5) is 0 Å². The Kier molecular flexibility index (Phi) is 6.40. The first-order valence-electron chi connectivity index (χ1n) is 7.07. The summed E-state index contributed by atoms with van der Waals surface area (Å²) in [6, 6.07) is 0. The van der Waals surface area contributed by atoms with Crippen molar-refractivity contribution in [2.75, 3.05) is 11.5 Å². The third-order valence-corrected chi connectivity index (χ3v) is 5.15. The fraction of sp³-hybridized carbons (Fsp3) is 0.750. The molecule has 1 aliphatic rings. The van der Waals surface area contributed by atoms with E-state index in [-0.39, 0.29) is 0 Å². The SMILES string of the molecule is CC/C=C1\CC(C)(C)CC(C(C)C)=C1SCCS. The van der Waals surface area contributed by atoms with Gasteiger partial charge in [-0.05, 0) is 41.9 Å². The Morgan fingerprint density at radius 2 is 2.00 bits per heavy atom. The average molecular weight is 285 g/mol. The molecule has 0 N–H and O–H groups in total. The van der Waals surface area contributed by atoms with Crippen LogP contribution in [-0.2, 0) is 0 Å². The zero-order chi connectivity index (χ0) is 13.8. The molecule has 2 heteroatoms. The standard InChI is InChI=1S/C16H28S2/c1-6-7-13-10-16(4,5)11-14(12(2)3)15(13)18-9-8-17/h7,12,17H,6,8-11H2,1-5H3/b13-7+. The van der Waals surface area contributed by atoms with E-state index in [1.54, 1.807) is 16.1 Å². The molecule has 0 aromatic heterocycles. The van der Waals surface area contributed by atoms with Crippen LogP contribution < -0.4 is 0 Å². The lowest BCUT2D eigenvalue weighted by molar-refractivity contribution is 0.337. The van der Waals surface area contributed by atoms with Crippen LogP contribution in [0.3, 0.4) is 0 Å². The fourth-order valence-electron chi connectivity index (χ4n) is 2.67. The van der Waals surface area contributed by atoms with Crippen molar-refractivity contribution in [2.45, 2.75) is 53.9 Å². The predicted molar refractivity (Wildman–Crippen MR) is 89.6 cm³/mol. The van der Waals surface area contributed by atoms with Crippen molar-refractivity contribution in [3.63, 3.8) is 0 Å². The molecule has 0 radical (unpaired) electrons. The summed E-state index contributed by atoms with van der Waals surface area (Å²) in [5.74, 6) is 2.74. The highest BCUT2D eigenvalue weighted by Gasteiger charge is 2.31. The van der Waals surface area contributed by atoms with Gasteiger partial charge in [0.05, 0.1) is 0 Å². The van der Waals surface area contributed by atoms with E-state index in [1.165, 1.54) is 12.8 Å². The highest BCUT2D eigenvalue weighted by Crippen LogP contribution is 2.47. The van der Waals surface area contributed by atoms with Crippen LogP contribution in [0.2, 0.25) is 0 Å². The van der Waals surface area contributed by atoms with Crippen molar-refractivity contribution in [1.82, 2.24) is 0 Å². The second-order valence-corrected chi connectivity index (χ2v) is 7.79. The number of thioether (sulfide) groups is 1. The molecule has 0 nitrogen and oxygen atoms in total. The molecule has 0 unspecified atom stereocenters. The Bertz CT molecular complexity index is 335. The lowest BCUT2D eigenvalue weighted by Gasteiger charge is -2.36. The van der Waals surface area contributed by atoms with Gasteiger partial charge in [0, 0.05) is 10.7 Å². The van der Waals surface area contributed by atoms with Gasteiger partial charge >= 0.3 is 0 Å². The van der Waals surface area contributed by atoms with Gasteiger partial charge in [-0.15, -0.1) is 11.8 Å². The van der Waals surface area contributed by atoms with E-state index in [2.05, 4.69) is 53.3 Å². The molecule has 0 bridgehead atoms. The molecule has 104 valence electrons. The molecule has 1 aliphatic carbocycles. The van der Waals surface area contributed by atoms with E-state index in [0.717, 1.165) is 17.9 Å². The second kappa shape index (κ2) is 7.09. The summed E-state index contributed by atoms with van der Waals surface area (Å²) in [5, 5.41) is 0. The van der Waals surface area contributed by atoms with Gasteiger partial charge in [-0.1, -0.05) is 46.3 Å². The monoisotopic (exact) mass is 284 g/mol. The number of hydrogen-bond donors (Lipinski definition) is 1. The number of hydrogen-bond acceptors (Lipinski definition) is 2. The number of thiol groups is 1. The van der Waals surface area contributed by atoms with Crippen molar-refractivity contribution in [3.8, 4) is 0 Å². The topological polar surface area (TPSA) is 0 Å². The maximum atomic E-state index is 4.35. The molecule has 0 saturated carbocycles. The predicted octanol–water partition coefficient (Wildman–Crippen LogP) is 5.72. The molecule has 0 saturated heterocycles. The van der Waals surface area contributed by atoms with Crippen molar-refractivity contribution >= 4 is 24.4 Å². The number of rotatable bonds is 5. The molecule has 0 atom stereocenters. The van der Waals surface area contributed by atoms with Crippen LogP contribution in [-0.4, -0.2) is 11.5 Å². The van der Waals surface area contributed by atoms with E-state index >= 15 is 0 Å². The lowest BCUT2D eigenvalue weighted by atomic mass is 9.72. The van der Waals surface area contributed by atoms with Crippen LogP contribution in [0.15, 0.2) is 22.1 Å². The van der Waals surface area contributed by atoms with E-state index in [9.17, 15) is 0 Å². The molecule has 0 aromatic rings. The van der Waals surface area contributed by atoms with Gasteiger partial charge in [0.15, 0.2) is 0 Å². The first-order valence-corrected chi connectivity index (χ1v) is 8.69. The minimum Gasteiger partial charge on any atom is -0.178 e. The van der Waals surface area contributed by atoms with Gasteiger partial charge in [-0.2, -0.15) is 12.6 Å². The van der Waals surface area contributed by atoms with E-state index in [4.69, 9.17) is 0 Å². The summed E-state index contributed by atoms with van der Waals surface area (Å²) in [6.07, 6.45) is 6.05. The van der Waals surface area contributed by atoms with Crippen molar-refractivity contribution < 1.29 is 0 Å². The van der Waals surface area contributed by atoms with Crippen molar-refractivity contribution in [3.05, 3.63) is 22.1 Å². The van der Waals surface area contributed by atoms with Crippen LogP contribution in [0.5, 0.6) is 0 Å². The van der Waals surface area contributed by atoms with Crippen LogP contribution >= 0.6 is 24.4 Å². The Morgan fingerprint density at radius 3 is 2.50 bits per heavy atom. The maximum absolute atomic E-state index is 4.35. The van der Waals surface area contributed by atoms with Gasteiger partial charge in [-0.3, -0.25) is 0 Å². The smallest absolute Gasteiger partial charge is 0.00961 e. The highest BCUT2D eigenvalue weighted by molar-refractivity contribution is 8.03. The summed E-state index contributed by atoms with van der Waals surface area (Å²) < 4.78 is 0. The van der Waals surface area contributed by atoms with Crippen molar-refractivity contribution in [2.24, 2.45) is 11.3 Å². The molecule has 0 aliphatic heterocycles. The van der Waals surface area contributed by atoms with Gasteiger partial charge in [0.25, 0.3) is 0 Å². The Morgan fingerprint density at radius 1 is 1.33 bits per heavy atom. The average Bonchev–Trinajstić information content (AvgIpc) is 2.26. The Hall–Kier alpha value is 0.180. The molecule has 0 heterocycles. The summed E-state index contributed by atoms with van der Waals surface area (Å²) in [6.45, 7) is 11.7. The number of allylic oxidation sites excluding steroid dienone is 3. The molecule has 0 amide bonds. The minimum absolute atomic E-state index is 0.422. The first kappa shape index (κ1) is 16.2. The van der Waals surface area contributed by atoms with Gasteiger partial charge < -0.3 is 0 Å². The maximum Gasteiger partial charge on any atom is 0.00961 e. The van der Waals surface area contributed by atoms with Gasteiger partial charge in [-0.25, -0.2) is 0 Å². The Balaban J connectivity index is 3.13. The Labute approximate surface area is 123 Å². The molecular weight excluding hydrogens is 256 g/mol. The summed E-state index contributed by atoms with van der Waals surface area (Å²) in [4.78, 5) is 1.58. The second-order valence-electron chi connectivity index (χ2n) is 6.24. The fourth-order valence-corrected chi connectivity index (χ4v) is 4.07. The molecule has 18 heavy (non-hydrogen) atoms. The van der Waals surface area contributed by atoms with E-state index < -0.39 is 0 Å². The van der Waals surface area contributed by atoms with Crippen LogP contribution in [0.25, 0.3) is 0 Å². The highest BCUT2D eigenvalue weighted by atomic mass is 32.2. The molecule has 1 rings (SSSR count). The van der Waals surface area contributed by atoms with Gasteiger partial charge in [0.1, 0.15) is 0 Å². The largest absolute Gasteiger partial charge is 0.178 e. The third kappa shape index (κ3) is 4.38. The zero-order valence-electron chi connectivity index (χ0n) is 12.5. The lowest BCUT2D eigenvalue weighted by Crippen LogP contribution is -2.22. The van der Waals surface area contributed by atoms with Crippen LogP contribution in [0.1, 0.15) is 53.9 Å². The normalized spacial score (nSPS) is 22.1. The minimum atomic E-state index is 0.422. The quantitative estimate of drug-likeness (QED) is 0.630. The molecule has 0 spiro atoms. The molecule has 0 fully saturated rings. The van der Waals surface area contributed by atoms with Crippen molar-refractivity contribution in [1.29, 1.82) is 0 Å². The zero-order valence-corrected chi connectivity index (χ0v) is 14.3. The molecule has 0 aromatic carbocycles. The van der Waals surface area contributed by atoms with Crippen LogP contribution in [0, 0.1) is 11.3 Å².